The first kappa shape index (κ1) is 22.2. The van der Waals surface area contributed by atoms with E-state index in [0.29, 0.717) is 16.9 Å². The lowest BCUT2D eigenvalue weighted by atomic mass is 9.60. The van der Waals surface area contributed by atoms with E-state index < -0.39 is 8.32 Å². The van der Waals surface area contributed by atoms with Crippen LogP contribution in [0.2, 0.25) is 5.04 Å². The Morgan fingerprint density at radius 1 is 0.875 bits per heavy atom. The summed E-state index contributed by atoms with van der Waals surface area (Å²) in [6.45, 7) is 16.9. The van der Waals surface area contributed by atoms with Gasteiger partial charge in [-0.05, 0) is 63.8 Å². The summed E-state index contributed by atoms with van der Waals surface area (Å²) in [6, 6.07) is 22.3. The van der Waals surface area contributed by atoms with E-state index in [1.807, 2.05) is 0 Å². The molecule has 0 aliphatic heterocycles. The van der Waals surface area contributed by atoms with Crippen LogP contribution in [0.3, 0.4) is 0 Å². The van der Waals surface area contributed by atoms with Crippen molar-refractivity contribution in [3.05, 3.63) is 72.8 Å². The molecule has 0 unspecified atom stereocenters. The molecule has 2 aromatic carbocycles. The largest absolute Gasteiger partial charge is 0.404 e. The number of rotatable bonds is 4. The SMILES string of the molecule is C=C1C[C@@]2(C)CCC[C@]23C[C@@H](O[Si](c2ccccc2)(c2ccccc2)C(C)(C)C)C[C@]13C. The summed E-state index contributed by atoms with van der Waals surface area (Å²) in [7, 11) is -2.52. The average molecular weight is 445 g/mol. The molecule has 3 aliphatic carbocycles. The summed E-state index contributed by atoms with van der Waals surface area (Å²) in [5, 5.41) is 2.82. The highest BCUT2D eigenvalue weighted by atomic mass is 28.4. The quantitative estimate of drug-likeness (QED) is 0.369. The first-order valence-electron chi connectivity index (χ1n) is 12.6. The van der Waals surface area contributed by atoms with Crippen molar-refractivity contribution in [2.45, 2.75) is 84.3 Å². The van der Waals surface area contributed by atoms with Crippen LogP contribution >= 0.6 is 0 Å². The van der Waals surface area contributed by atoms with Gasteiger partial charge >= 0.3 is 0 Å². The van der Waals surface area contributed by atoms with Gasteiger partial charge in [0, 0.05) is 6.10 Å². The van der Waals surface area contributed by atoms with Crippen molar-refractivity contribution in [2.24, 2.45) is 16.2 Å². The minimum atomic E-state index is -2.52. The van der Waals surface area contributed by atoms with Crippen molar-refractivity contribution in [3.8, 4) is 0 Å². The molecule has 0 aromatic heterocycles. The van der Waals surface area contributed by atoms with Crippen LogP contribution in [0.25, 0.3) is 0 Å². The van der Waals surface area contributed by atoms with Crippen molar-refractivity contribution in [3.63, 3.8) is 0 Å². The second kappa shape index (κ2) is 7.18. The highest BCUT2D eigenvalue weighted by molar-refractivity contribution is 6.99. The first-order chi connectivity index (χ1) is 15.1. The van der Waals surface area contributed by atoms with Crippen LogP contribution in [-0.4, -0.2) is 14.4 Å². The lowest BCUT2D eigenvalue weighted by molar-refractivity contribution is 0.0514. The van der Waals surface area contributed by atoms with Gasteiger partial charge in [-0.1, -0.05) is 114 Å². The van der Waals surface area contributed by atoms with Crippen LogP contribution in [-0.2, 0) is 4.43 Å². The molecule has 0 N–H and O–H groups in total. The molecule has 1 spiro atoms. The van der Waals surface area contributed by atoms with Crippen molar-refractivity contribution >= 4 is 18.7 Å². The van der Waals surface area contributed by atoms with Gasteiger partial charge in [0.2, 0.25) is 0 Å². The van der Waals surface area contributed by atoms with Crippen LogP contribution in [0, 0.1) is 16.2 Å². The summed E-state index contributed by atoms with van der Waals surface area (Å²) < 4.78 is 7.63. The topological polar surface area (TPSA) is 9.23 Å². The molecule has 2 heteroatoms. The van der Waals surface area contributed by atoms with Crippen molar-refractivity contribution < 1.29 is 4.43 Å². The average Bonchev–Trinajstić information content (AvgIpc) is 3.28. The molecule has 3 fully saturated rings. The number of benzene rings is 2. The van der Waals surface area contributed by atoms with Gasteiger partial charge in [0.05, 0.1) is 0 Å². The predicted octanol–water partition coefficient (Wildman–Crippen LogP) is 6.87. The third-order valence-corrected chi connectivity index (χ3v) is 15.0. The molecule has 3 saturated carbocycles. The van der Waals surface area contributed by atoms with Crippen LogP contribution in [0.5, 0.6) is 0 Å². The monoisotopic (exact) mass is 444 g/mol. The fourth-order valence-electron chi connectivity index (χ4n) is 8.38. The Kier molecular flexibility index (Phi) is 4.97. The first-order valence-corrected chi connectivity index (χ1v) is 14.5. The molecule has 32 heavy (non-hydrogen) atoms. The molecule has 0 heterocycles. The summed E-state index contributed by atoms with van der Waals surface area (Å²) in [4.78, 5) is 0. The Balaban J connectivity index is 1.62. The zero-order valence-electron chi connectivity index (χ0n) is 20.7. The molecule has 0 bridgehead atoms. The molecule has 4 atom stereocenters. The Labute approximate surface area is 196 Å². The second-order valence-electron chi connectivity index (χ2n) is 12.4. The van der Waals surface area contributed by atoms with E-state index in [1.165, 1.54) is 48.1 Å². The van der Waals surface area contributed by atoms with E-state index in [2.05, 4.69) is 102 Å². The lowest BCUT2D eigenvalue weighted by Crippen LogP contribution is -2.67. The lowest BCUT2D eigenvalue weighted by Gasteiger charge is -2.45. The molecular formula is C30H40OSi. The standard InChI is InChI=1S/C30H40OSi/c1-23-20-28(5)18-13-19-30(28)22-24(21-29(23,30)6)31-32(27(2,3)4,25-14-9-7-10-15-25)26-16-11-8-12-17-26/h7-12,14-17,24H,1,13,18-22H2,2-6H3/t24-,28+,29+,30-/m0/s1. The summed E-state index contributed by atoms with van der Waals surface area (Å²) in [6.07, 6.45) is 7.91. The zero-order chi connectivity index (χ0) is 22.8. The van der Waals surface area contributed by atoms with Crippen LogP contribution in [0.15, 0.2) is 72.8 Å². The molecule has 170 valence electrons. The Morgan fingerprint density at radius 3 is 1.97 bits per heavy atom. The van der Waals surface area contributed by atoms with E-state index in [1.54, 1.807) is 0 Å². The summed E-state index contributed by atoms with van der Waals surface area (Å²) >= 11 is 0. The van der Waals surface area contributed by atoms with Gasteiger partial charge in [0.15, 0.2) is 0 Å². The third kappa shape index (κ3) is 2.78. The zero-order valence-corrected chi connectivity index (χ0v) is 21.7. The van der Waals surface area contributed by atoms with Gasteiger partial charge in [-0.2, -0.15) is 0 Å². The van der Waals surface area contributed by atoms with E-state index in [4.69, 9.17) is 4.43 Å². The fraction of sp³-hybridized carbons (Fsp3) is 0.533. The molecule has 0 amide bonds. The number of hydrogen-bond donors (Lipinski definition) is 0. The minimum Gasteiger partial charge on any atom is -0.404 e. The number of hydrogen-bond acceptors (Lipinski definition) is 1. The highest BCUT2D eigenvalue weighted by Crippen LogP contribution is 2.78. The van der Waals surface area contributed by atoms with Gasteiger partial charge in [-0.15, -0.1) is 0 Å². The predicted molar refractivity (Wildman–Crippen MR) is 138 cm³/mol. The van der Waals surface area contributed by atoms with Crippen LogP contribution in [0.1, 0.15) is 73.1 Å². The van der Waals surface area contributed by atoms with Crippen molar-refractivity contribution in [2.75, 3.05) is 0 Å². The van der Waals surface area contributed by atoms with E-state index in [9.17, 15) is 0 Å². The maximum absolute atomic E-state index is 7.63. The van der Waals surface area contributed by atoms with Gasteiger partial charge in [-0.25, -0.2) is 0 Å². The van der Waals surface area contributed by atoms with E-state index in [0.717, 1.165) is 6.42 Å². The van der Waals surface area contributed by atoms with E-state index in [-0.39, 0.29) is 10.5 Å². The van der Waals surface area contributed by atoms with Gasteiger partial charge in [0.25, 0.3) is 8.32 Å². The van der Waals surface area contributed by atoms with Crippen LogP contribution in [0.4, 0.5) is 0 Å². The Hall–Kier alpha value is -1.64. The van der Waals surface area contributed by atoms with E-state index >= 15 is 0 Å². The summed E-state index contributed by atoms with van der Waals surface area (Å²) in [5.74, 6) is 0. The maximum Gasteiger partial charge on any atom is 0.261 e. The Morgan fingerprint density at radius 2 is 1.44 bits per heavy atom. The summed E-state index contributed by atoms with van der Waals surface area (Å²) in [5.41, 5.74) is 2.48. The maximum atomic E-state index is 7.63. The van der Waals surface area contributed by atoms with Crippen LogP contribution < -0.4 is 10.4 Å². The molecule has 3 aliphatic rings. The molecule has 0 saturated heterocycles. The minimum absolute atomic E-state index is 0.0297. The van der Waals surface area contributed by atoms with Crippen molar-refractivity contribution in [1.82, 2.24) is 0 Å². The van der Waals surface area contributed by atoms with Gasteiger partial charge in [0.1, 0.15) is 0 Å². The molecule has 0 radical (unpaired) electrons. The normalized spacial score (nSPS) is 34.5. The molecule has 1 nitrogen and oxygen atoms in total. The second-order valence-corrected chi connectivity index (χ2v) is 16.7. The highest BCUT2D eigenvalue weighted by Gasteiger charge is 2.71. The van der Waals surface area contributed by atoms with Gasteiger partial charge < -0.3 is 4.43 Å². The molecule has 5 rings (SSSR count). The molecule has 2 aromatic rings. The molecular weight excluding hydrogens is 404 g/mol. The fourth-order valence-corrected chi connectivity index (χ4v) is 13.1. The van der Waals surface area contributed by atoms with Crippen molar-refractivity contribution in [1.29, 1.82) is 0 Å². The third-order valence-electron chi connectivity index (χ3n) is 9.90. The number of allylic oxidation sites excluding steroid dienone is 1. The van der Waals surface area contributed by atoms with Gasteiger partial charge in [-0.3, -0.25) is 0 Å². The Bertz CT molecular complexity index is 967. The smallest absolute Gasteiger partial charge is 0.261 e.